The Morgan fingerprint density at radius 1 is 0.857 bits per heavy atom. The van der Waals surface area contributed by atoms with Crippen molar-refractivity contribution in [3.63, 3.8) is 0 Å². The summed E-state index contributed by atoms with van der Waals surface area (Å²) in [5.41, 5.74) is 1.71. The molecule has 0 fully saturated rings. The van der Waals surface area contributed by atoms with Crippen LogP contribution in [0.2, 0.25) is 0 Å². The van der Waals surface area contributed by atoms with Crippen molar-refractivity contribution in [3.8, 4) is 0 Å². The summed E-state index contributed by atoms with van der Waals surface area (Å²) in [6.07, 6.45) is 20.1. The highest BCUT2D eigenvalue weighted by atomic mass is 32.2. The Balaban J connectivity index is 2.21. The minimum absolute atomic E-state index is 0.0274. The van der Waals surface area contributed by atoms with E-state index in [0.717, 1.165) is 18.4 Å². The molecular formula is C24H40O3S. The first-order chi connectivity index (χ1) is 13.5. The number of unbranched alkanes of at least 4 members (excludes halogenated alkanes) is 12. The Labute approximate surface area is 173 Å². The normalized spacial score (nSPS) is 11.6. The molecule has 3 nitrogen and oxygen atoms in total. The Morgan fingerprint density at radius 2 is 1.36 bits per heavy atom. The van der Waals surface area contributed by atoms with Gasteiger partial charge in [-0.15, -0.1) is 6.58 Å². The lowest BCUT2D eigenvalue weighted by molar-refractivity contribution is 0.482. The summed E-state index contributed by atoms with van der Waals surface area (Å²) in [4.78, 5) is 0.0274. The van der Waals surface area contributed by atoms with E-state index in [1.165, 1.54) is 83.1 Å². The second-order valence-electron chi connectivity index (χ2n) is 7.85. The number of hydrogen-bond acceptors (Lipinski definition) is 2. The Hall–Kier alpha value is -1.13. The van der Waals surface area contributed by atoms with Crippen molar-refractivity contribution in [2.75, 3.05) is 0 Å². The summed E-state index contributed by atoms with van der Waals surface area (Å²) >= 11 is 0. The smallest absolute Gasteiger partial charge is 0.282 e. The number of hydrogen-bond donors (Lipinski definition) is 1. The quantitative estimate of drug-likeness (QED) is 0.167. The zero-order chi connectivity index (χ0) is 20.7. The van der Waals surface area contributed by atoms with Crippen LogP contribution in [-0.4, -0.2) is 13.0 Å². The summed E-state index contributed by atoms with van der Waals surface area (Å²) in [6.45, 7) is 5.97. The van der Waals surface area contributed by atoms with Crippen LogP contribution in [0.15, 0.2) is 35.7 Å². The fourth-order valence-corrected chi connectivity index (χ4v) is 4.57. The summed E-state index contributed by atoms with van der Waals surface area (Å²) in [5.74, 6) is 0. The van der Waals surface area contributed by atoms with Crippen molar-refractivity contribution in [3.05, 3.63) is 42.0 Å². The van der Waals surface area contributed by atoms with Gasteiger partial charge in [0.2, 0.25) is 0 Å². The molecule has 28 heavy (non-hydrogen) atoms. The lowest BCUT2D eigenvalue weighted by Crippen LogP contribution is -2.06. The first-order valence-corrected chi connectivity index (χ1v) is 12.6. The van der Waals surface area contributed by atoms with Crippen LogP contribution < -0.4 is 0 Å². The first kappa shape index (κ1) is 24.9. The molecule has 0 aliphatic heterocycles. The lowest BCUT2D eigenvalue weighted by Gasteiger charge is -2.12. The predicted octanol–water partition coefficient (Wildman–Crippen LogP) is 7.30. The van der Waals surface area contributed by atoms with Gasteiger partial charge in [0.15, 0.2) is 0 Å². The minimum atomic E-state index is -4.18. The maximum atomic E-state index is 11.6. The monoisotopic (exact) mass is 408 g/mol. The molecule has 1 rings (SSSR count). The first-order valence-electron chi connectivity index (χ1n) is 11.2. The molecule has 0 spiro atoms. The molecular weight excluding hydrogens is 368 g/mol. The molecule has 0 aliphatic rings. The van der Waals surface area contributed by atoms with Gasteiger partial charge in [-0.25, -0.2) is 0 Å². The van der Waals surface area contributed by atoms with Gasteiger partial charge < -0.3 is 0 Å². The van der Waals surface area contributed by atoms with E-state index < -0.39 is 10.1 Å². The van der Waals surface area contributed by atoms with Crippen molar-refractivity contribution < 1.29 is 13.0 Å². The molecule has 1 N–H and O–H groups in total. The zero-order valence-corrected chi connectivity index (χ0v) is 18.6. The van der Waals surface area contributed by atoms with Gasteiger partial charge >= 0.3 is 0 Å². The molecule has 0 unspecified atom stereocenters. The van der Waals surface area contributed by atoms with Crippen molar-refractivity contribution in [1.82, 2.24) is 0 Å². The van der Waals surface area contributed by atoms with E-state index in [2.05, 4.69) is 13.5 Å². The van der Waals surface area contributed by atoms with Gasteiger partial charge in [-0.3, -0.25) is 4.55 Å². The average molecular weight is 409 g/mol. The third kappa shape index (κ3) is 10.4. The highest BCUT2D eigenvalue weighted by molar-refractivity contribution is 7.85. The SMILES string of the molecule is C=CCc1c(CCCCCCCCCCCCCCC)cccc1S(=O)(=O)O. The molecule has 0 radical (unpaired) electrons. The Kier molecular flexibility index (Phi) is 13.2. The maximum absolute atomic E-state index is 11.6. The largest absolute Gasteiger partial charge is 0.294 e. The molecule has 4 heteroatoms. The van der Waals surface area contributed by atoms with E-state index in [0.29, 0.717) is 12.0 Å². The number of allylic oxidation sites excluding steroid dienone is 1. The van der Waals surface area contributed by atoms with Crippen LogP contribution in [0.5, 0.6) is 0 Å². The molecule has 0 aliphatic carbocycles. The zero-order valence-electron chi connectivity index (χ0n) is 17.8. The molecule has 0 heterocycles. The number of aryl methyl sites for hydroxylation is 1. The van der Waals surface area contributed by atoms with Crippen molar-refractivity contribution >= 4 is 10.1 Å². The van der Waals surface area contributed by atoms with Gasteiger partial charge in [0, 0.05) is 0 Å². The third-order valence-corrected chi connectivity index (χ3v) is 6.34. The van der Waals surface area contributed by atoms with Crippen molar-refractivity contribution in [2.24, 2.45) is 0 Å². The number of rotatable bonds is 17. The number of benzene rings is 1. The van der Waals surface area contributed by atoms with Gasteiger partial charge in [-0.1, -0.05) is 102 Å². The average Bonchev–Trinajstić information content (AvgIpc) is 2.65. The topological polar surface area (TPSA) is 54.4 Å². The van der Waals surface area contributed by atoms with Gasteiger partial charge in [-0.2, -0.15) is 8.42 Å². The molecule has 0 amide bonds. The van der Waals surface area contributed by atoms with E-state index in [-0.39, 0.29) is 4.90 Å². The van der Waals surface area contributed by atoms with Crippen LogP contribution in [0.25, 0.3) is 0 Å². The second kappa shape index (κ2) is 14.8. The van der Waals surface area contributed by atoms with Crippen LogP contribution in [0.1, 0.15) is 102 Å². The fraction of sp³-hybridized carbons (Fsp3) is 0.667. The fourth-order valence-electron chi connectivity index (χ4n) is 3.80. The van der Waals surface area contributed by atoms with Crippen LogP contribution in [0.4, 0.5) is 0 Å². The lowest BCUT2D eigenvalue weighted by atomic mass is 9.98. The molecule has 0 aromatic heterocycles. The minimum Gasteiger partial charge on any atom is -0.282 e. The standard InChI is InChI=1S/C24H40O3S/c1-3-5-6-7-8-9-10-11-12-13-14-15-16-19-22-20-17-21-24(28(25,26)27)23(22)18-4-2/h4,17,20-21H,2-3,5-16,18-19H2,1H3,(H,25,26,27). The van der Waals surface area contributed by atoms with E-state index in [4.69, 9.17) is 0 Å². The molecule has 1 aromatic carbocycles. The van der Waals surface area contributed by atoms with E-state index in [1.807, 2.05) is 6.07 Å². The highest BCUT2D eigenvalue weighted by Gasteiger charge is 2.17. The van der Waals surface area contributed by atoms with Crippen LogP contribution in [0, 0.1) is 0 Å². The molecule has 160 valence electrons. The molecule has 1 aromatic rings. The summed E-state index contributed by atoms with van der Waals surface area (Å²) in [7, 11) is -4.18. The van der Waals surface area contributed by atoms with Crippen molar-refractivity contribution in [1.29, 1.82) is 0 Å². The second-order valence-corrected chi connectivity index (χ2v) is 9.24. The van der Waals surface area contributed by atoms with Gasteiger partial charge in [-0.05, 0) is 36.5 Å². The molecule has 0 atom stereocenters. The van der Waals surface area contributed by atoms with Gasteiger partial charge in [0.05, 0.1) is 4.90 Å². The molecule has 0 bridgehead atoms. The predicted molar refractivity (Wildman–Crippen MR) is 120 cm³/mol. The maximum Gasteiger partial charge on any atom is 0.294 e. The van der Waals surface area contributed by atoms with Gasteiger partial charge in [0.1, 0.15) is 0 Å². The summed E-state index contributed by atoms with van der Waals surface area (Å²) < 4.78 is 32.6. The van der Waals surface area contributed by atoms with Crippen molar-refractivity contribution in [2.45, 2.75) is 108 Å². The van der Waals surface area contributed by atoms with Crippen LogP contribution in [-0.2, 0) is 23.0 Å². The van der Waals surface area contributed by atoms with Crippen LogP contribution >= 0.6 is 0 Å². The van der Waals surface area contributed by atoms with Crippen LogP contribution in [0.3, 0.4) is 0 Å². The third-order valence-electron chi connectivity index (χ3n) is 5.41. The summed E-state index contributed by atoms with van der Waals surface area (Å²) in [5, 5.41) is 0. The van der Waals surface area contributed by atoms with Gasteiger partial charge in [0.25, 0.3) is 10.1 Å². The summed E-state index contributed by atoms with van der Waals surface area (Å²) in [6, 6.07) is 5.16. The Bertz CT molecular complexity index is 650. The highest BCUT2D eigenvalue weighted by Crippen LogP contribution is 2.23. The molecule has 0 saturated heterocycles. The molecule has 0 saturated carbocycles. The van der Waals surface area contributed by atoms with E-state index in [9.17, 15) is 13.0 Å². The Morgan fingerprint density at radius 3 is 1.82 bits per heavy atom. The van der Waals surface area contributed by atoms with E-state index >= 15 is 0 Å². The van der Waals surface area contributed by atoms with E-state index in [1.54, 1.807) is 12.1 Å².